The second-order valence-corrected chi connectivity index (χ2v) is 5.87. The zero-order valence-corrected chi connectivity index (χ0v) is 12.0. The maximum Gasteiger partial charge on any atom is 0.221 e. The Morgan fingerprint density at radius 3 is 2.55 bits per heavy atom. The minimum atomic E-state index is -0.0492. The van der Waals surface area contributed by atoms with E-state index in [-0.39, 0.29) is 5.91 Å². The molecule has 0 saturated carbocycles. The first kappa shape index (κ1) is 13.1. The predicted octanol–water partition coefficient (Wildman–Crippen LogP) is 3.90. The first-order chi connectivity index (χ1) is 9.72. The topological polar surface area (TPSA) is 41.1 Å². The molecule has 0 aromatic heterocycles. The van der Waals surface area contributed by atoms with E-state index in [1.165, 1.54) is 17.4 Å². The van der Waals surface area contributed by atoms with Gasteiger partial charge >= 0.3 is 0 Å². The molecule has 0 aliphatic carbocycles. The molecule has 1 unspecified atom stereocenters. The molecule has 3 rings (SSSR count). The van der Waals surface area contributed by atoms with Crippen LogP contribution in [0.1, 0.15) is 18.5 Å². The number of fused-ring (bicyclic) bond motifs is 1. The highest BCUT2D eigenvalue weighted by Gasteiger charge is 2.22. The largest absolute Gasteiger partial charge is 0.377 e. The second kappa shape index (κ2) is 5.59. The number of hydrogen-bond donors (Lipinski definition) is 2. The van der Waals surface area contributed by atoms with E-state index in [1.807, 2.05) is 36.0 Å². The van der Waals surface area contributed by atoms with E-state index in [4.69, 9.17) is 0 Å². The molecule has 102 valence electrons. The van der Waals surface area contributed by atoms with Gasteiger partial charge < -0.3 is 10.6 Å². The second-order valence-electron chi connectivity index (χ2n) is 4.80. The van der Waals surface area contributed by atoms with E-state index in [2.05, 4.69) is 34.9 Å². The summed E-state index contributed by atoms with van der Waals surface area (Å²) in [5.41, 5.74) is 3.26. The molecule has 2 N–H and O–H groups in total. The van der Waals surface area contributed by atoms with Crippen molar-refractivity contribution in [2.24, 2.45) is 0 Å². The minimum absolute atomic E-state index is 0.0492. The Hall–Kier alpha value is -1.94. The molecule has 1 aliphatic rings. The molecule has 3 nitrogen and oxygen atoms in total. The lowest BCUT2D eigenvalue weighted by Crippen LogP contribution is -2.10. The van der Waals surface area contributed by atoms with Crippen molar-refractivity contribution in [1.29, 1.82) is 0 Å². The van der Waals surface area contributed by atoms with Crippen molar-refractivity contribution in [3.8, 4) is 0 Å². The smallest absolute Gasteiger partial charge is 0.221 e. The van der Waals surface area contributed by atoms with Crippen molar-refractivity contribution >= 4 is 29.0 Å². The molecule has 2 aromatic carbocycles. The lowest BCUT2D eigenvalue weighted by molar-refractivity contribution is -0.114. The van der Waals surface area contributed by atoms with Gasteiger partial charge in [-0.3, -0.25) is 4.79 Å². The summed E-state index contributed by atoms with van der Waals surface area (Å²) in [7, 11) is 0. The van der Waals surface area contributed by atoms with E-state index in [9.17, 15) is 4.79 Å². The number of thioether (sulfide) groups is 1. The molecular weight excluding hydrogens is 268 g/mol. The summed E-state index contributed by atoms with van der Waals surface area (Å²) < 4.78 is 0. The third-order valence-corrected chi connectivity index (χ3v) is 4.43. The number of nitrogens with one attached hydrogen (secondary N) is 2. The number of anilines is 2. The molecule has 1 aliphatic heterocycles. The zero-order chi connectivity index (χ0) is 13.9. The summed E-state index contributed by atoms with van der Waals surface area (Å²) in [5.74, 6) is 0.999. The van der Waals surface area contributed by atoms with Crippen LogP contribution < -0.4 is 10.6 Å². The van der Waals surface area contributed by atoms with Crippen LogP contribution in [-0.2, 0) is 4.79 Å². The van der Waals surface area contributed by atoms with Gasteiger partial charge in [-0.05, 0) is 35.9 Å². The summed E-state index contributed by atoms with van der Waals surface area (Å²) in [6.45, 7) is 1.51. The molecule has 1 amide bonds. The summed E-state index contributed by atoms with van der Waals surface area (Å²) >= 11 is 1.89. The highest BCUT2D eigenvalue weighted by atomic mass is 32.2. The Labute approximate surface area is 122 Å². The quantitative estimate of drug-likeness (QED) is 0.898. The van der Waals surface area contributed by atoms with Gasteiger partial charge in [0.1, 0.15) is 0 Å². The van der Waals surface area contributed by atoms with Crippen LogP contribution in [0.15, 0.2) is 53.4 Å². The van der Waals surface area contributed by atoms with Gasteiger partial charge in [-0.15, -0.1) is 11.8 Å². The van der Waals surface area contributed by atoms with Gasteiger partial charge in [0.25, 0.3) is 0 Å². The summed E-state index contributed by atoms with van der Waals surface area (Å²) in [5, 5.41) is 6.31. The Morgan fingerprint density at radius 1 is 1.10 bits per heavy atom. The maximum atomic E-state index is 11.0. The summed E-state index contributed by atoms with van der Waals surface area (Å²) in [6, 6.07) is 16.7. The highest BCUT2D eigenvalue weighted by Crippen LogP contribution is 2.39. The van der Waals surface area contributed by atoms with E-state index in [0.29, 0.717) is 6.04 Å². The third-order valence-electron chi connectivity index (χ3n) is 3.25. The normalized spacial score (nSPS) is 16.6. The van der Waals surface area contributed by atoms with Crippen molar-refractivity contribution < 1.29 is 4.79 Å². The van der Waals surface area contributed by atoms with Crippen LogP contribution in [0.4, 0.5) is 11.4 Å². The standard InChI is InChI=1S/C16H16N2OS/c1-11(19)17-12-6-8-13(9-7-12)18-15-10-20-16-5-3-2-4-14(15)16/h2-9,15,18H,10H2,1H3,(H,17,19). The minimum Gasteiger partial charge on any atom is -0.377 e. The number of carbonyl (C=O) groups excluding carboxylic acids is 1. The van der Waals surface area contributed by atoms with Crippen LogP contribution in [-0.4, -0.2) is 11.7 Å². The van der Waals surface area contributed by atoms with Crippen LogP contribution in [0.25, 0.3) is 0 Å². The molecule has 0 bridgehead atoms. The lowest BCUT2D eigenvalue weighted by Gasteiger charge is -2.15. The van der Waals surface area contributed by atoms with Crippen molar-refractivity contribution in [2.75, 3.05) is 16.4 Å². The molecule has 1 heterocycles. The van der Waals surface area contributed by atoms with Gasteiger partial charge in [0, 0.05) is 28.9 Å². The van der Waals surface area contributed by atoms with Gasteiger partial charge in [0.05, 0.1) is 6.04 Å². The number of amides is 1. The monoisotopic (exact) mass is 284 g/mol. The average molecular weight is 284 g/mol. The van der Waals surface area contributed by atoms with Crippen LogP contribution in [0.3, 0.4) is 0 Å². The van der Waals surface area contributed by atoms with Gasteiger partial charge in [-0.25, -0.2) is 0 Å². The number of benzene rings is 2. The van der Waals surface area contributed by atoms with Crippen LogP contribution >= 0.6 is 11.8 Å². The highest BCUT2D eigenvalue weighted by molar-refractivity contribution is 7.99. The molecule has 0 spiro atoms. The van der Waals surface area contributed by atoms with Crippen molar-refractivity contribution in [3.63, 3.8) is 0 Å². The molecule has 4 heteroatoms. The van der Waals surface area contributed by atoms with Gasteiger partial charge in [0.2, 0.25) is 5.91 Å². The van der Waals surface area contributed by atoms with Crippen LogP contribution in [0, 0.1) is 0 Å². The maximum absolute atomic E-state index is 11.0. The van der Waals surface area contributed by atoms with Crippen LogP contribution in [0.5, 0.6) is 0 Å². The molecular formula is C16H16N2OS. The molecule has 2 aromatic rings. The fourth-order valence-electron chi connectivity index (χ4n) is 2.34. The SMILES string of the molecule is CC(=O)Nc1ccc(NC2CSc3ccccc32)cc1. The lowest BCUT2D eigenvalue weighted by atomic mass is 10.1. The van der Waals surface area contributed by atoms with E-state index < -0.39 is 0 Å². The number of carbonyl (C=O) groups is 1. The Balaban J connectivity index is 1.71. The fourth-order valence-corrected chi connectivity index (χ4v) is 3.50. The predicted molar refractivity (Wildman–Crippen MR) is 84.3 cm³/mol. The molecule has 0 radical (unpaired) electrons. The zero-order valence-electron chi connectivity index (χ0n) is 11.2. The summed E-state index contributed by atoms with van der Waals surface area (Å²) in [6.07, 6.45) is 0. The molecule has 0 saturated heterocycles. The first-order valence-electron chi connectivity index (χ1n) is 6.58. The molecule has 0 fully saturated rings. The van der Waals surface area contributed by atoms with Gasteiger partial charge in [-0.1, -0.05) is 18.2 Å². The third kappa shape index (κ3) is 2.80. The molecule has 20 heavy (non-hydrogen) atoms. The Kier molecular flexibility index (Phi) is 3.65. The average Bonchev–Trinajstić information content (AvgIpc) is 2.84. The van der Waals surface area contributed by atoms with Gasteiger partial charge in [0.15, 0.2) is 0 Å². The van der Waals surface area contributed by atoms with E-state index >= 15 is 0 Å². The first-order valence-corrected chi connectivity index (χ1v) is 7.57. The Morgan fingerprint density at radius 2 is 1.80 bits per heavy atom. The van der Waals surface area contributed by atoms with Crippen molar-refractivity contribution in [2.45, 2.75) is 17.9 Å². The van der Waals surface area contributed by atoms with Gasteiger partial charge in [-0.2, -0.15) is 0 Å². The fraction of sp³-hybridized carbons (Fsp3) is 0.188. The number of rotatable bonds is 3. The van der Waals surface area contributed by atoms with Crippen molar-refractivity contribution in [3.05, 3.63) is 54.1 Å². The van der Waals surface area contributed by atoms with Crippen molar-refractivity contribution in [1.82, 2.24) is 0 Å². The van der Waals surface area contributed by atoms with E-state index in [1.54, 1.807) is 0 Å². The summed E-state index contributed by atoms with van der Waals surface area (Å²) in [4.78, 5) is 12.3. The Bertz CT molecular complexity index is 625. The van der Waals surface area contributed by atoms with Crippen LogP contribution in [0.2, 0.25) is 0 Å². The molecule has 1 atom stereocenters. The number of hydrogen-bond acceptors (Lipinski definition) is 3. The van der Waals surface area contributed by atoms with E-state index in [0.717, 1.165) is 17.1 Å².